The molecule has 5 nitrogen and oxygen atoms in total. The van der Waals surface area contributed by atoms with Gasteiger partial charge in [-0.15, -0.1) is 12.4 Å². The van der Waals surface area contributed by atoms with E-state index in [1.165, 1.54) is 0 Å². The molecule has 1 saturated carbocycles. The molecule has 2 amide bonds. The summed E-state index contributed by atoms with van der Waals surface area (Å²) >= 11 is 0. The van der Waals surface area contributed by atoms with Crippen LogP contribution in [0.2, 0.25) is 0 Å². The number of hydrogen-bond acceptors (Lipinski definition) is 3. The third-order valence-electron chi connectivity index (χ3n) is 5.00. The van der Waals surface area contributed by atoms with Gasteiger partial charge in [-0.3, -0.25) is 9.59 Å². The second-order valence-corrected chi connectivity index (χ2v) is 7.13. The number of nitrogens with zero attached hydrogens (tertiary/aromatic N) is 1. The summed E-state index contributed by atoms with van der Waals surface area (Å²) < 4.78 is 0. The van der Waals surface area contributed by atoms with Crippen molar-refractivity contribution in [3.8, 4) is 0 Å². The summed E-state index contributed by atoms with van der Waals surface area (Å²) in [6, 6.07) is 10.1. The van der Waals surface area contributed by atoms with Gasteiger partial charge in [0.15, 0.2) is 0 Å². The molecule has 2 aliphatic rings. The van der Waals surface area contributed by atoms with Crippen molar-refractivity contribution in [1.29, 1.82) is 0 Å². The van der Waals surface area contributed by atoms with Gasteiger partial charge in [-0.2, -0.15) is 0 Å². The lowest BCUT2D eigenvalue weighted by atomic mass is 10.0. The molecule has 6 heteroatoms. The number of halogens is 1. The van der Waals surface area contributed by atoms with Crippen molar-refractivity contribution in [3.63, 3.8) is 0 Å². The number of carbonyl (C=O) groups excluding carboxylic acids is 2. The van der Waals surface area contributed by atoms with Gasteiger partial charge < -0.3 is 15.5 Å². The number of nitrogens with one attached hydrogen (secondary N) is 2. The zero-order valence-corrected chi connectivity index (χ0v) is 16.1. The fraction of sp³-hybridized carbons (Fsp3) is 0.600. The molecule has 1 aliphatic heterocycles. The Balaban J connectivity index is 0.00000243. The Labute approximate surface area is 162 Å². The van der Waals surface area contributed by atoms with Crippen LogP contribution >= 0.6 is 12.4 Å². The number of amides is 2. The van der Waals surface area contributed by atoms with E-state index in [4.69, 9.17) is 0 Å². The lowest BCUT2D eigenvalue weighted by molar-refractivity contribution is -0.132. The van der Waals surface area contributed by atoms with Gasteiger partial charge in [-0.1, -0.05) is 30.3 Å². The highest BCUT2D eigenvalue weighted by Gasteiger charge is 2.33. The molecule has 2 fully saturated rings. The molecule has 1 aliphatic carbocycles. The van der Waals surface area contributed by atoms with Gasteiger partial charge in [0.2, 0.25) is 11.8 Å². The van der Waals surface area contributed by atoms with Crippen molar-refractivity contribution >= 4 is 24.2 Å². The molecule has 0 spiro atoms. The summed E-state index contributed by atoms with van der Waals surface area (Å²) in [5.41, 5.74) is 1.14. The SMILES string of the molecule is Cl.O=C1CC(c2ccccc2)NCCCN(C(=O)C2CC2)CCCCN1. The molecule has 2 N–H and O–H groups in total. The Morgan fingerprint density at radius 3 is 2.46 bits per heavy atom. The number of carbonyl (C=O) groups is 2. The van der Waals surface area contributed by atoms with Crippen LogP contribution in [-0.2, 0) is 9.59 Å². The quantitative estimate of drug-likeness (QED) is 0.830. The zero-order valence-electron chi connectivity index (χ0n) is 15.3. The summed E-state index contributed by atoms with van der Waals surface area (Å²) in [6.07, 6.45) is 5.36. The lowest BCUT2D eigenvalue weighted by Gasteiger charge is -2.23. The molecule has 1 saturated heterocycles. The Kier molecular flexibility index (Phi) is 8.39. The molecule has 1 aromatic carbocycles. The Morgan fingerprint density at radius 1 is 1.00 bits per heavy atom. The molecular formula is C20H30ClN3O2. The van der Waals surface area contributed by atoms with Crippen LogP contribution in [0.5, 0.6) is 0 Å². The van der Waals surface area contributed by atoms with Crippen LogP contribution < -0.4 is 10.6 Å². The first-order valence-electron chi connectivity index (χ1n) is 9.58. The van der Waals surface area contributed by atoms with Crippen molar-refractivity contribution in [3.05, 3.63) is 35.9 Å². The molecule has 26 heavy (non-hydrogen) atoms. The summed E-state index contributed by atoms with van der Waals surface area (Å²) in [6.45, 7) is 3.12. The number of hydrogen-bond donors (Lipinski definition) is 2. The third-order valence-corrected chi connectivity index (χ3v) is 5.00. The largest absolute Gasteiger partial charge is 0.356 e. The zero-order chi connectivity index (χ0) is 17.5. The summed E-state index contributed by atoms with van der Waals surface area (Å²) in [4.78, 5) is 26.7. The van der Waals surface area contributed by atoms with Gasteiger partial charge in [0, 0.05) is 38.0 Å². The lowest BCUT2D eigenvalue weighted by Crippen LogP contribution is -2.35. The molecule has 1 unspecified atom stereocenters. The normalized spacial score (nSPS) is 22.8. The predicted octanol–water partition coefficient (Wildman–Crippen LogP) is 2.67. The van der Waals surface area contributed by atoms with Gasteiger partial charge in [0.05, 0.1) is 0 Å². The number of rotatable bonds is 2. The maximum absolute atomic E-state index is 12.4. The van der Waals surface area contributed by atoms with E-state index < -0.39 is 0 Å². The molecule has 144 valence electrons. The smallest absolute Gasteiger partial charge is 0.225 e. The van der Waals surface area contributed by atoms with Crippen LogP contribution in [0, 0.1) is 5.92 Å². The van der Waals surface area contributed by atoms with Crippen LogP contribution in [0.25, 0.3) is 0 Å². The first kappa shape index (κ1) is 20.7. The van der Waals surface area contributed by atoms with Crippen molar-refractivity contribution in [2.75, 3.05) is 26.2 Å². The average molecular weight is 380 g/mol. The second-order valence-electron chi connectivity index (χ2n) is 7.13. The summed E-state index contributed by atoms with van der Waals surface area (Å²) in [7, 11) is 0. The standard InChI is InChI=1S/C20H29N3O2.ClH/c24-19-15-18(16-7-2-1-3-8-16)21-12-6-14-23(13-5-4-11-22-19)20(25)17-9-10-17;/h1-3,7-8,17-18,21H,4-6,9-15H2,(H,22,24);1H. The van der Waals surface area contributed by atoms with E-state index in [0.717, 1.165) is 57.3 Å². The van der Waals surface area contributed by atoms with Crippen molar-refractivity contribution in [2.45, 2.75) is 44.6 Å². The van der Waals surface area contributed by atoms with E-state index in [0.29, 0.717) is 18.9 Å². The van der Waals surface area contributed by atoms with E-state index in [9.17, 15) is 9.59 Å². The fourth-order valence-corrected chi connectivity index (χ4v) is 3.37. The van der Waals surface area contributed by atoms with Gasteiger partial charge in [-0.25, -0.2) is 0 Å². The molecule has 1 heterocycles. The van der Waals surface area contributed by atoms with Crippen LogP contribution in [-0.4, -0.2) is 42.9 Å². The van der Waals surface area contributed by atoms with Crippen molar-refractivity contribution in [2.24, 2.45) is 5.92 Å². The minimum atomic E-state index is 0. The van der Waals surface area contributed by atoms with Gasteiger partial charge >= 0.3 is 0 Å². The van der Waals surface area contributed by atoms with E-state index in [1.807, 2.05) is 23.1 Å². The Bertz CT molecular complexity index is 578. The van der Waals surface area contributed by atoms with E-state index >= 15 is 0 Å². The maximum Gasteiger partial charge on any atom is 0.225 e. The highest BCUT2D eigenvalue weighted by Crippen LogP contribution is 2.31. The van der Waals surface area contributed by atoms with E-state index in [1.54, 1.807) is 0 Å². The molecule has 0 radical (unpaired) electrons. The highest BCUT2D eigenvalue weighted by molar-refractivity contribution is 5.85. The average Bonchev–Trinajstić information content (AvgIpc) is 3.46. The van der Waals surface area contributed by atoms with Crippen LogP contribution in [0.3, 0.4) is 0 Å². The van der Waals surface area contributed by atoms with E-state index in [-0.39, 0.29) is 30.3 Å². The predicted molar refractivity (Wildman–Crippen MR) is 105 cm³/mol. The summed E-state index contributed by atoms with van der Waals surface area (Å²) in [5.74, 6) is 0.699. The number of benzene rings is 1. The van der Waals surface area contributed by atoms with Crippen molar-refractivity contribution < 1.29 is 9.59 Å². The molecule has 0 bridgehead atoms. The monoisotopic (exact) mass is 379 g/mol. The van der Waals surface area contributed by atoms with Crippen LogP contribution in [0.15, 0.2) is 30.3 Å². The topological polar surface area (TPSA) is 61.4 Å². The highest BCUT2D eigenvalue weighted by atomic mass is 35.5. The third kappa shape index (κ3) is 6.29. The van der Waals surface area contributed by atoms with Crippen LogP contribution in [0.4, 0.5) is 0 Å². The first-order chi connectivity index (χ1) is 12.2. The van der Waals surface area contributed by atoms with Gasteiger partial charge in [-0.05, 0) is 44.2 Å². The molecule has 1 atom stereocenters. The molecular weight excluding hydrogens is 350 g/mol. The Morgan fingerprint density at radius 2 is 1.73 bits per heavy atom. The molecule has 3 rings (SSSR count). The van der Waals surface area contributed by atoms with Crippen molar-refractivity contribution in [1.82, 2.24) is 15.5 Å². The maximum atomic E-state index is 12.4. The van der Waals surface area contributed by atoms with Crippen LogP contribution in [0.1, 0.15) is 50.1 Å². The Hall–Kier alpha value is -1.59. The molecule has 0 aromatic heterocycles. The van der Waals surface area contributed by atoms with E-state index in [2.05, 4.69) is 22.8 Å². The second kappa shape index (κ2) is 10.5. The molecule has 1 aromatic rings. The van der Waals surface area contributed by atoms with Gasteiger partial charge in [0.1, 0.15) is 0 Å². The summed E-state index contributed by atoms with van der Waals surface area (Å²) in [5, 5.41) is 6.53. The fourth-order valence-electron chi connectivity index (χ4n) is 3.37. The first-order valence-corrected chi connectivity index (χ1v) is 9.58. The van der Waals surface area contributed by atoms with Gasteiger partial charge in [0.25, 0.3) is 0 Å². The minimum absolute atomic E-state index is 0. The minimum Gasteiger partial charge on any atom is -0.356 e.